The molecule has 4 rings (SSSR count). The molecule has 3 aromatic rings. The van der Waals surface area contributed by atoms with Crippen LogP contribution in [0.2, 0.25) is 0 Å². The van der Waals surface area contributed by atoms with Gasteiger partial charge in [0.1, 0.15) is 22.6 Å². The molecule has 1 aliphatic heterocycles. The van der Waals surface area contributed by atoms with E-state index in [0.717, 1.165) is 11.3 Å². The minimum absolute atomic E-state index is 0.0984. The Bertz CT molecular complexity index is 1040. The second kappa shape index (κ2) is 5.98. The first-order chi connectivity index (χ1) is 12.2. The summed E-state index contributed by atoms with van der Waals surface area (Å²) in [4.78, 5) is 12.3. The molecule has 2 aromatic carbocycles. The predicted molar refractivity (Wildman–Crippen MR) is 94.2 cm³/mol. The van der Waals surface area contributed by atoms with Gasteiger partial charge in [0.05, 0.1) is 24.2 Å². The Kier molecular flexibility index (Phi) is 3.65. The summed E-state index contributed by atoms with van der Waals surface area (Å²) in [5.74, 6) is 0.652. The topological polar surface area (TPSA) is 84.1 Å². The van der Waals surface area contributed by atoms with Crippen LogP contribution >= 0.6 is 0 Å². The number of hydrogen-bond acceptors (Lipinski definition) is 6. The Labute approximate surface area is 143 Å². The number of nitrogens with zero attached hydrogens (tertiary/aromatic N) is 1. The fourth-order valence-corrected chi connectivity index (χ4v) is 3.04. The molecule has 0 aliphatic carbocycles. The summed E-state index contributed by atoms with van der Waals surface area (Å²) in [6, 6.07) is 14.4. The maximum atomic E-state index is 12.3. The number of nitrogens with one attached hydrogen (secondary N) is 1. The number of ether oxygens (including phenoxy) is 1. The molecule has 0 amide bonds. The molecule has 1 atom stereocenters. The van der Waals surface area contributed by atoms with Gasteiger partial charge in [0.25, 0.3) is 0 Å². The van der Waals surface area contributed by atoms with Crippen molar-refractivity contribution in [2.75, 3.05) is 7.11 Å². The molecule has 126 valence electrons. The van der Waals surface area contributed by atoms with Gasteiger partial charge in [-0.2, -0.15) is 5.10 Å². The van der Waals surface area contributed by atoms with Crippen LogP contribution < -0.4 is 15.8 Å². The summed E-state index contributed by atoms with van der Waals surface area (Å²) in [5, 5.41) is 15.3. The Hall–Kier alpha value is -3.28. The van der Waals surface area contributed by atoms with Gasteiger partial charge in [0, 0.05) is 6.42 Å². The van der Waals surface area contributed by atoms with Gasteiger partial charge in [-0.1, -0.05) is 24.3 Å². The van der Waals surface area contributed by atoms with E-state index < -0.39 is 5.63 Å². The largest absolute Gasteiger partial charge is 0.506 e. The third-order valence-corrected chi connectivity index (χ3v) is 4.32. The molecule has 0 radical (unpaired) electrons. The van der Waals surface area contributed by atoms with Gasteiger partial charge in [-0.05, 0) is 29.8 Å². The van der Waals surface area contributed by atoms with E-state index in [-0.39, 0.29) is 17.4 Å². The highest BCUT2D eigenvalue weighted by atomic mass is 16.5. The summed E-state index contributed by atoms with van der Waals surface area (Å²) in [7, 11) is 1.61. The van der Waals surface area contributed by atoms with E-state index in [4.69, 9.17) is 9.15 Å². The van der Waals surface area contributed by atoms with Gasteiger partial charge in [-0.15, -0.1) is 0 Å². The highest BCUT2D eigenvalue weighted by Crippen LogP contribution is 2.31. The SMILES string of the molecule is COc1cccc(C2CC(c3c(O)c4ccccc4oc3=O)=NN2)c1. The first-order valence-electron chi connectivity index (χ1n) is 7.88. The van der Waals surface area contributed by atoms with Crippen LogP contribution in [0.25, 0.3) is 11.0 Å². The molecule has 0 saturated heterocycles. The van der Waals surface area contributed by atoms with Crippen LogP contribution in [0.3, 0.4) is 0 Å². The Balaban J connectivity index is 1.70. The van der Waals surface area contributed by atoms with Crippen LogP contribution in [0.1, 0.15) is 23.6 Å². The van der Waals surface area contributed by atoms with Gasteiger partial charge in [0.15, 0.2) is 0 Å². The van der Waals surface area contributed by atoms with E-state index in [2.05, 4.69) is 10.5 Å². The van der Waals surface area contributed by atoms with Crippen LogP contribution in [0.4, 0.5) is 0 Å². The second-order valence-electron chi connectivity index (χ2n) is 5.83. The molecule has 2 N–H and O–H groups in total. The molecule has 1 unspecified atom stereocenters. The monoisotopic (exact) mass is 336 g/mol. The summed E-state index contributed by atoms with van der Waals surface area (Å²) >= 11 is 0. The number of para-hydroxylation sites is 1. The van der Waals surface area contributed by atoms with Crippen molar-refractivity contribution in [2.24, 2.45) is 5.10 Å². The minimum Gasteiger partial charge on any atom is -0.506 e. The van der Waals surface area contributed by atoms with Crippen LogP contribution in [0.5, 0.6) is 11.5 Å². The Morgan fingerprint density at radius 3 is 2.92 bits per heavy atom. The Morgan fingerprint density at radius 2 is 2.08 bits per heavy atom. The van der Waals surface area contributed by atoms with Crippen molar-refractivity contribution < 1.29 is 14.3 Å². The van der Waals surface area contributed by atoms with Crippen LogP contribution in [-0.2, 0) is 0 Å². The van der Waals surface area contributed by atoms with E-state index in [9.17, 15) is 9.90 Å². The third kappa shape index (κ3) is 2.61. The molecule has 6 nitrogen and oxygen atoms in total. The molecule has 25 heavy (non-hydrogen) atoms. The second-order valence-corrected chi connectivity index (χ2v) is 5.83. The fourth-order valence-electron chi connectivity index (χ4n) is 3.04. The van der Waals surface area contributed by atoms with Crippen molar-refractivity contribution in [2.45, 2.75) is 12.5 Å². The van der Waals surface area contributed by atoms with E-state index in [1.807, 2.05) is 24.3 Å². The Morgan fingerprint density at radius 1 is 1.24 bits per heavy atom. The summed E-state index contributed by atoms with van der Waals surface area (Å²) in [6.07, 6.45) is 0.462. The normalized spacial score (nSPS) is 16.5. The lowest BCUT2D eigenvalue weighted by molar-refractivity contribution is 0.413. The minimum atomic E-state index is -0.594. The van der Waals surface area contributed by atoms with Crippen molar-refractivity contribution in [1.29, 1.82) is 0 Å². The van der Waals surface area contributed by atoms with Crippen molar-refractivity contribution >= 4 is 16.7 Å². The van der Waals surface area contributed by atoms with Gasteiger partial charge >= 0.3 is 5.63 Å². The van der Waals surface area contributed by atoms with E-state index in [1.54, 1.807) is 31.4 Å². The quantitative estimate of drug-likeness (QED) is 0.719. The number of aromatic hydroxyl groups is 1. The molecular formula is C19H16N2O4. The molecule has 1 aliphatic rings. The van der Waals surface area contributed by atoms with Gasteiger partial charge in [-0.25, -0.2) is 4.79 Å². The molecule has 2 heterocycles. The average molecular weight is 336 g/mol. The number of benzene rings is 2. The van der Waals surface area contributed by atoms with Crippen molar-refractivity contribution in [1.82, 2.24) is 5.43 Å². The smallest absolute Gasteiger partial charge is 0.349 e. The first kappa shape index (κ1) is 15.3. The predicted octanol–water partition coefficient (Wildman–Crippen LogP) is 2.95. The van der Waals surface area contributed by atoms with Gasteiger partial charge < -0.3 is 19.7 Å². The maximum absolute atomic E-state index is 12.3. The van der Waals surface area contributed by atoms with E-state index in [1.165, 1.54) is 0 Å². The number of hydrazone groups is 1. The lowest BCUT2D eigenvalue weighted by Crippen LogP contribution is -2.15. The molecule has 1 aromatic heterocycles. The summed E-state index contributed by atoms with van der Waals surface area (Å²) < 4.78 is 10.6. The van der Waals surface area contributed by atoms with Crippen LogP contribution in [0, 0.1) is 0 Å². The molecule has 0 fully saturated rings. The molecule has 0 spiro atoms. The number of fused-ring (bicyclic) bond motifs is 1. The van der Waals surface area contributed by atoms with Crippen molar-refractivity contribution in [3.8, 4) is 11.5 Å². The van der Waals surface area contributed by atoms with Crippen LogP contribution in [-0.4, -0.2) is 17.9 Å². The maximum Gasteiger partial charge on any atom is 0.349 e. The van der Waals surface area contributed by atoms with Gasteiger partial charge in [0.2, 0.25) is 0 Å². The molecular weight excluding hydrogens is 320 g/mol. The zero-order chi connectivity index (χ0) is 17.4. The van der Waals surface area contributed by atoms with Crippen molar-refractivity contribution in [3.05, 3.63) is 70.1 Å². The van der Waals surface area contributed by atoms with Gasteiger partial charge in [-0.3, -0.25) is 0 Å². The standard InChI is InChI=1S/C19H16N2O4/c1-24-12-6-4-5-11(9-12)14-10-15(21-20-14)17-18(22)13-7-2-3-8-16(13)25-19(17)23/h2-9,14,20,22H,10H2,1H3. The summed E-state index contributed by atoms with van der Waals surface area (Å²) in [6.45, 7) is 0. The lowest BCUT2D eigenvalue weighted by atomic mass is 9.98. The summed E-state index contributed by atoms with van der Waals surface area (Å²) in [5.41, 5.74) is 4.35. The molecule has 6 heteroatoms. The van der Waals surface area contributed by atoms with E-state index in [0.29, 0.717) is 23.1 Å². The van der Waals surface area contributed by atoms with Crippen LogP contribution in [0.15, 0.2) is 62.8 Å². The average Bonchev–Trinajstić information content (AvgIpc) is 3.11. The van der Waals surface area contributed by atoms with E-state index >= 15 is 0 Å². The number of hydrogen-bond donors (Lipinski definition) is 2. The number of rotatable bonds is 3. The lowest BCUT2D eigenvalue weighted by Gasteiger charge is -2.11. The van der Waals surface area contributed by atoms with Crippen molar-refractivity contribution in [3.63, 3.8) is 0 Å². The highest BCUT2D eigenvalue weighted by Gasteiger charge is 2.27. The number of methoxy groups -OCH3 is 1. The molecule has 0 bridgehead atoms. The zero-order valence-corrected chi connectivity index (χ0v) is 13.5. The fraction of sp³-hybridized carbons (Fsp3) is 0.158. The molecule has 0 saturated carbocycles. The highest BCUT2D eigenvalue weighted by molar-refractivity contribution is 6.06. The first-order valence-corrected chi connectivity index (χ1v) is 7.88. The zero-order valence-electron chi connectivity index (χ0n) is 13.5. The third-order valence-electron chi connectivity index (χ3n) is 4.32.